The number of ether oxygens (including phenoxy) is 1. The van der Waals surface area contributed by atoms with E-state index in [-0.39, 0.29) is 34.7 Å². The van der Waals surface area contributed by atoms with Crippen molar-refractivity contribution in [1.82, 2.24) is 0 Å². The lowest BCUT2D eigenvalue weighted by molar-refractivity contribution is -0.160. The molecule has 0 aromatic heterocycles. The van der Waals surface area contributed by atoms with Gasteiger partial charge in [0, 0.05) is 10.8 Å². The van der Waals surface area contributed by atoms with Crippen LogP contribution in [0.2, 0.25) is 0 Å². The molecule has 146 valence electrons. The molecule has 0 bridgehead atoms. The molecule has 4 aliphatic carbocycles. The van der Waals surface area contributed by atoms with Gasteiger partial charge in [-0.2, -0.15) is 0 Å². The highest BCUT2D eigenvalue weighted by Crippen LogP contribution is 2.76. The average molecular weight is 372 g/mol. The number of aliphatic hydroxyl groups is 2. The van der Waals surface area contributed by atoms with Gasteiger partial charge in [0.1, 0.15) is 17.8 Å². The highest BCUT2D eigenvalue weighted by atomic mass is 16.6. The van der Waals surface area contributed by atoms with E-state index in [4.69, 9.17) is 4.74 Å². The summed E-state index contributed by atoms with van der Waals surface area (Å²) in [6, 6.07) is 0. The molecule has 1 heterocycles. The maximum Gasteiger partial charge on any atom is 0.190 e. The van der Waals surface area contributed by atoms with E-state index in [1.807, 2.05) is 13.8 Å². The predicted molar refractivity (Wildman–Crippen MR) is 97.8 cm³/mol. The van der Waals surface area contributed by atoms with Crippen LogP contribution in [-0.4, -0.2) is 45.7 Å². The van der Waals surface area contributed by atoms with Gasteiger partial charge in [0.05, 0.1) is 6.10 Å². The zero-order valence-corrected chi connectivity index (χ0v) is 16.2. The van der Waals surface area contributed by atoms with E-state index in [1.54, 1.807) is 12.2 Å². The molecule has 0 radical (unpaired) electrons. The van der Waals surface area contributed by atoms with Gasteiger partial charge in [-0.05, 0) is 69.9 Å². The number of rotatable bonds is 2. The molecule has 0 aromatic rings. The molecule has 5 rings (SSSR count). The van der Waals surface area contributed by atoms with Gasteiger partial charge in [-0.15, -0.1) is 0 Å². The first-order valence-corrected chi connectivity index (χ1v) is 10.1. The Morgan fingerprint density at radius 2 is 2.00 bits per heavy atom. The maximum atomic E-state index is 12.5. The number of carbonyl (C=O) groups excluding carboxylic acids is 2. The first-order chi connectivity index (χ1) is 12.6. The van der Waals surface area contributed by atoms with Gasteiger partial charge in [-0.3, -0.25) is 9.59 Å². The Morgan fingerprint density at radius 1 is 1.26 bits per heavy atom. The van der Waals surface area contributed by atoms with Crippen LogP contribution in [0.15, 0.2) is 23.3 Å². The molecule has 1 unspecified atom stereocenters. The number of hydrogen-bond donors (Lipinski definition) is 2. The molecule has 27 heavy (non-hydrogen) atoms. The third kappa shape index (κ3) is 1.73. The number of carbonyl (C=O) groups is 2. The van der Waals surface area contributed by atoms with Crippen molar-refractivity contribution in [3.8, 4) is 0 Å². The minimum Gasteiger partial charge on any atom is -0.388 e. The topological polar surface area (TPSA) is 87.1 Å². The van der Waals surface area contributed by atoms with E-state index >= 15 is 0 Å². The van der Waals surface area contributed by atoms with Gasteiger partial charge in [0.25, 0.3) is 0 Å². The number of ketones is 2. The number of allylic oxidation sites excluding steroid dienone is 2. The Kier molecular flexibility index (Phi) is 3.29. The third-order valence-corrected chi connectivity index (χ3v) is 9.20. The summed E-state index contributed by atoms with van der Waals surface area (Å²) >= 11 is 0. The Bertz CT molecular complexity index is 827. The number of epoxide rings is 1. The molecule has 5 heteroatoms. The molecule has 0 aromatic carbocycles. The summed E-state index contributed by atoms with van der Waals surface area (Å²) in [5.74, 6) is 0.0417. The van der Waals surface area contributed by atoms with Gasteiger partial charge in [-0.25, -0.2) is 0 Å². The van der Waals surface area contributed by atoms with Crippen molar-refractivity contribution in [2.24, 2.45) is 22.7 Å². The van der Waals surface area contributed by atoms with Crippen molar-refractivity contribution < 1.29 is 24.5 Å². The van der Waals surface area contributed by atoms with Crippen LogP contribution in [0.4, 0.5) is 0 Å². The van der Waals surface area contributed by atoms with Crippen LogP contribution >= 0.6 is 0 Å². The quantitative estimate of drug-likeness (QED) is 0.725. The molecule has 3 saturated carbocycles. The molecular weight excluding hydrogens is 344 g/mol. The van der Waals surface area contributed by atoms with Crippen LogP contribution in [0.1, 0.15) is 52.9 Å². The molecule has 1 spiro atoms. The summed E-state index contributed by atoms with van der Waals surface area (Å²) in [4.78, 5) is 24.5. The molecule has 0 amide bonds. The first-order valence-electron chi connectivity index (χ1n) is 10.1. The second-order valence-electron chi connectivity index (χ2n) is 9.78. The summed E-state index contributed by atoms with van der Waals surface area (Å²) in [5.41, 5.74) is -0.389. The molecule has 4 fully saturated rings. The Labute approximate surface area is 159 Å². The smallest absolute Gasteiger partial charge is 0.190 e. The van der Waals surface area contributed by atoms with Gasteiger partial charge >= 0.3 is 0 Å². The van der Waals surface area contributed by atoms with Crippen LogP contribution in [-0.2, 0) is 14.3 Å². The monoisotopic (exact) mass is 372 g/mol. The molecule has 5 nitrogen and oxygen atoms in total. The minimum atomic E-state index is -1.46. The first kappa shape index (κ1) is 17.8. The molecule has 5 aliphatic rings. The zero-order valence-electron chi connectivity index (χ0n) is 16.2. The highest BCUT2D eigenvalue weighted by molar-refractivity contribution is 6.02. The maximum absolute atomic E-state index is 12.5. The molecule has 7 atom stereocenters. The van der Waals surface area contributed by atoms with Crippen LogP contribution in [0.25, 0.3) is 0 Å². The fourth-order valence-corrected chi connectivity index (χ4v) is 7.62. The van der Waals surface area contributed by atoms with Crippen LogP contribution in [0.3, 0.4) is 0 Å². The molecule has 1 saturated heterocycles. The SMILES string of the molecule is CC1=CC(=O)C=C2CC[C@H]3[C@@H]4CC[C@](O)(C(=O)CO)[C@@]4(C)CC4O[C@]43[C@@]12C. The van der Waals surface area contributed by atoms with Crippen molar-refractivity contribution in [2.75, 3.05) is 6.61 Å². The van der Waals surface area contributed by atoms with Gasteiger partial charge in [0.2, 0.25) is 0 Å². The van der Waals surface area contributed by atoms with E-state index in [9.17, 15) is 19.8 Å². The summed E-state index contributed by atoms with van der Waals surface area (Å²) in [6.45, 7) is 5.65. The van der Waals surface area contributed by atoms with Crippen molar-refractivity contribution in [1.29, 1.82) is 0 Å². The van der Waals surface area contributed by atoms with Crippen LogP contribution < -0.4 is 0 Å². The zero-order chi connectivity index (χ0) is 19.4. The summed E-state index contributed by atoms with van der Waals surface area (Å²) < 4.78 is 6.48. The van der Waals surface area contributed by atoms with E-state index in [0.29, 0.717) is 12.8 Å². The van der Waals surface area contributed by atoms with Crippen LogP contribution in [0.5, 0.6) is 0 Å². The fraction of sp³-hybridized carbons (Fsp3) is 0.727. The van der Waals surface area contributed by atoms with Crippen molar-refractivity contribution in [3.63, 3.8) is 0 Å². The average Bonchev–Trinajstić information content (AvgIpc) is 3.27. The fourth-order valence-electron chi connectivity index (χ4n) is 7.62. The summed E-state index contributed by atoms with van der Waals surface area (Å²) in [5, 5.41) is 20.7. The van der Waals surface area contributed by atoms with Gasteiger partial charge < -0.3 is 14.9 Å². The van der Waals surface area contributed by atoms with E-state index in [2.05, 4.69) is 6.92 Å². The molecule has 2 N–H and O–H groups in total. The Balaban J connectivity index is 1.60. The van der Waals surface area contributed by atoms with Gasteiger partial charge in [-0.1, -0.05) is 18.1 Å². The molecule has 1 aliphatic heterocycles. The lowest BCUT2D eigenvalue weighted by Crippen LogP contribution is -2.62. The van der Waals surface area contributed by atoms with E-state index in [1.165, 1.54) is 5.57 Å². The van der Waals surface area contributed by atoms with E-state index < -0.39 is 23.4 Å². The summed E-state index contributed by atoms with van der Waals surface area (Å²) in [7, 11) is 0. The lowest BCUT2D eigenvalue weighted by atomic mass is 9.45. The lowest BCUT2D eigenvalue weighted by Gasteiger charge is -2.56. The Hall–Kier alpha value is -1.30. The van der Waals surface area contributed by atoms with Gasteiger partial charge in [0.15, 0.2) is 11.6 Å². The summed E-state index contributed by atoms with van der Waals surface area (Å²) in [6.07, 6.45) is 7.11. The third-order valence-electron chi connectivity index (χ3n) is 9.20. The normalized spacial score (nSPS) is 52.8. The van der Waals surface area contributed by atoms with Crippen molar-refractivity contribution >= 4 is 11.6 Å². The van der Waals surface area contributed by atoms with Crippen molar-refractivity contribution in [2.45, 2.75) is 70.2 Å². The second kappa shape index (κ2) is 5.00. The number of Topliss-reactive ketones (excluding diaryl/α,β-unsaturated/α-hetero) is 1. The number of aliphatic hydroxyl groups excluding tert-OH is 1. The second-order valence-corrected chi connectivity index (χ2v) is 9.78. The van der Waals surface area contributed by atoms with Crippen LogP contribution in [0, 0.1) is 22.7 Å². The number of fused-ring (bicyclic) bond motifs is 3. The standard InChI is InChI=1S/C22H28O5/c1-12-8-14(24)9-13-4-5-16-15-6-7-21(26,17(25)11-23)19(15,2)10-18-22(16,27-18)20(12,13)3/h8-9,15-16,18,23,26H,4-7,10-11H2,1-3H3/t15-,16-,18?,19-,20-,21-,22-/m0/s1. The highest BCUT2D eigenvalue weighted by Gasteiger charge is 2.81. The predicted octanol–water partition coefficient (Wildman–Crippen LogP) is 2.11. The largest absolute Gasteiger partial charge is 0.388 e. The molecular formula is C22H28O5. The van der Waals surface area contributed by atoms with E-state index in [0.717, 1.165) is 24.8 Å². The minimum absolute atomic E-state index is 0.0230. The number of hydrogen-bond acceptors (Lipinski definition) is 5. The van der Waals surface area contributed by atoms with Crippen molar-refractivity contribution in [3.05, 3.63) is 23.3 Å². The Morgan fingerprint density at radius 3 is 2.70 bits per heavy atom.